The Kier molecular flexibility index (Phi) is 3.04. The molecule has 1 aliphatic rings. The summed E-state index contributed by atoms with van der Waals surface area (Å²) < 4.78 is 0. The molecule has 0 saturated heterocycles. The summed E-state index contributed by atoms with van der Waals surface area (Å²) in [6.45, 7) is 2.24. The van der Waals surface area contributed by atoms with Gasteiger partial charge in [-0.1, -0.05) is 49.4 Å². The van der Waals surface area contributed by atoms with Crippen molar-refractivity contribution in [2.24, 2.45) is 0 Å². The van der Waals surface area contributed by atoms with Crippen LogP contribution in [0.2, 0.25) is 0 Å². The topological polar surface area (TPSA) is 3.24 Å². The number of nitrogens with zero attached hydrogens (tertiary/aromatic N) is 1. The number of hydrogen-bond acceptors (Lipinski definition) is 2. The molecule has 92 valence electrons. The van der Waals surface area contributed by atoms with Gasteiger partial charge in [0.15, 0.2) is 0 Å². The number of benzene rings is 2. The minimum Gasteiger partial charge on any atom is -0.343 e. The van der Waals surface area contributed by atoms with Crippen molar-refractivity contribution in [1.29, 1.82) is 0 Å². The second-order valence-electron chi connectivity index (χ2n) is 4.64. The van der Waals surface area contributed by atoms with Crippen molar-refractivity contribution in [2.75, 3.05) is 11.9 Å². The number of aryl methyl sites for hydroxylation is 1. The zero-order chi connectivity index (χ0) is 12.5. The molecule has 0 radical (unpaired) electrons. The summed E-state index contributed by atoms with van der Waals surface area (Å²) in [5, 5.41) is 0. The van der Waals surface area contributed by atoms with E-state index in [9.17, 15) is 0 Å². The van der Waals surface area contributed by atoms with E-state index in [1.807, 2.05) is 11.8 Å². The second kappa shape index (κ2) is 4.69. The summed E-state index contributed by atoms with van der Waals surface area (Å²) in [4.78, 5) is 5.06. The standard InChI is InChI=1S/C16H17NS/c1-3-7-12-8-6-11-15-16(12)17(2)13-9-4-5-10-14(13)18-15/h4-6,8-11H,3,7H2,1-2H3. The summed E-state index contributed by atoms with van der Waals surface area (Å²) in [5.74, 6) is 0. The number of hydrogen-bond donors (Lipinski definition) is 0. The molecule has 1 nitrogen and oxygen atoms in total. The van der Waals surface area contributed by atoms with Gasteiger partial charge in [0, 0.05) is 16.8 Å². The Hall–Kier alpha value is -1.41. The Morgan fingerprint density at radius 3 is 2.61 bits per heavy atom. The lowest BCUT2D eigenvalue weighted by Gasteiger charge is -2.31. The van der Waals surface area contributed by atoms with Gasteiger partial charge in [0.1, 0.15) is 0 Å². The van der Waals surface area contributed by atoms with Crippen molar-refractivity contribution in [3.63, 3.8) is 0 Å². The summed E-state index contributed by atoms with van der Waals surface area (Å²) in [7, 11) is 2.18. The molecule has 0 N–H and O–H groups in total. The summed E-state index contributed by atoms with van der Waals surface area (Å²) in [5.41, 5.74) is 4.17. The SMILES string of the molecule is CCCc1cccc2c1N(C)c1ccccc1S2. The molecule has 1 aliphatic heterocycles. The molecule has 0 amide bonds. The van der Waals surface area contributed by atoms with Crippen LogP contribution in [0.25, 0.3) is 0 Å². The average Bonchev–Trinajstić information content (AvgIpc) is 2.39. The highest BCUT2D eigenvalue weighted by Crippen LogP contribution is 2.48. The summed E-state index contributed by atoms with van der Waals surface area (Å²) >= 11 is 1.88. The predicted molar refractivity (Wildman–Crippen MR) is 79.1 cm³/mol. The van der Waals surface area contributed by atoms with Crippen LogP contribution in [0.1, 0.15) is 18.9 Å². The van der Waals surface area contributed by atoms with Gasteiger partial charge in [0.05, 0.1) is 11.4 Å². The van der Waals surface area contributed by atoms with Crippen LogP contribution in [0.5, 0.6) is 0 Å². The molecule has 0 unspecified atom stereocenters. The molecule has 2 heteroatoms. The monoisotopic (exact) mass is 255 g/mol. The van der Waals surface area contributed by atoms with Gasteiger partial charge in [-0.3, -0.25) is 0 Å². The fourth-order valence-corrected chi connectivity index (χ4v) is 3.77. The van der Waals surface area contributed by atoms with E-state index in [1.54, 1.807) is 0 Å². The van der Waals surface area contributed by atoms with Gasteiger partial charge in [0.2, 0.25) is 0 Å². The molecule has 2 aromatic rings. The maximum absolute atomic E-state index is 2.34. The second-order valence-corrected chi connectivity index (χ2v) is 5.73. The van der Waals surface area contributed by atoms with E-state index in [4.69, 9.17) is 0 Å². The number of para-hydroxylation sites is 2. The van der Waals surface area contributed by atoms with Gasteiger partial charge in [0.25, 0.3) is 0 Å². The smallest absolute Gasteiger partial charge is 0.0582 e. The van der Waals surface area contributed by atoms with Crippen LogP contribution in [0.15, 0.2) is 52.3 Å². The van der Waals surface area contributed by atoms with E-state index in [0.29, 0.717) is 0 Å². The van der Waals surface area contributed by atoms with Gasteiger partial charge >= 0.3 is 0 Å². The Bertz CT molecular complexity index is 577. The van der Waals surface area contributed by atoms with Crippen LogP contribution in [0.4, 0.5) is 11.4 Å². The molecule has 0 aliphatic carbocycles. The fraction of sp³-hybridized carbons (Fsp3) is 0.250. The molecule has 0 fully saturated rings. The first-order valence-electron chi connectivity index (χ1n) is 6.43. The molecule has 0 bridgehead atoms. The first-order chi connectivity index (χ1) is 8.81. The highest BCUT2D eigenvalue weighted by Gasteiger charge is 2.22. The van der Waals surface area contributed by atoms with Crippen LogP contribution in [-0.2, 0) is 6.42 Å². The quantitative estimate of drug-likeness (QED) is 0.753. The molecule has 1 heterocycles. The fourth-order valence-electron chi connectivity index (χ4n) is 2.56. The minimum atomic E-state index is 1.15. The predicted octanol–water partition coefficient (Wildman–Crippen LogP) is 4.87. The number of rotatable bonds is 2. The third-order valence-electron chi connectivity index (χ3n) is 3.38. The largest absolute Gasteiger partial charge is 0.343 e. The van der Waals surface area contributed by atoms with Crippen molar-refractivity contribution < 1.29 is 0 Å². The Labute approximate surface area is 113 Å². The average molecular weight is 255 g/mol. The third-order valence-corrected chi connectivity index (χ3v) is 4.50. The van der Waals surface area contributed by atoms with E-state index in [2.05, 4.69) is 61.3 Å². The Morgan fingerprint density at radius 2 is 1.78 bits per heavy atom. The zero-order valence-corrected chi connectivity index (χ0v) is 11.6. The molecule has 0 saturated carbocycles. The lowest BCUT2D eigenvalue weighted by Crippen LogP contribution is -2.16. The van der Waals surface area contributed by atoms with Gasteiger partial charge in [-0.05, 0) is 30.2 Å². The first kappa shape index (κ1) is 11.7. The number of anilines is 2. The van der Waals surface area contributed by atoms with Gasteiger partial charge in [-0.15, -0.1) is 0 Å². The Balaban J connectivity index is 2.13. The van der Waals surface area contributed by atoms with Crippen LogP contribution >= 0.6 is 11.8 Å². The first-order valence-corrected chi connectivity index (χ1v) is 7.25. The highest BCUT2D eigenvalue weighted by molar-refractivity contribution is 7.99. The maximum Gasteiger partial charge on any atom is 0.0582 e. The molecule has 3 rings (SSSR count). The molecular formula is C16H17NS. The van der Waals surface area contributed by atoms with Crippen molar-refractivity contribution in [1.82, 2.24) is 0 Å². The van der Waals surface area contributed by atoms with Crippen molar-refractivity contribution in [3.05, 3.63) is 48.0 Å². The molecule has 0 atom stereocenters. The van der Waals surface area contributed by atoms with E-state index in [1.165, 1.54) is 33.2 Å². The number of fused-ring (bicyclic) bond motifs is 2. The maximum atomic E-state index is 2.34. The van der Waals surface area contributed by atoms with E-state index in [-0.39, 0.29) is 0 Å². The zero-order valence-electron chi connectivity index (χ0n) is 10.8. The summed E-state index contributed by atoms with van der Waals surface area (Å²) in [6, 6.07) is 15.3. The van der Waals surface area contributed by atoms with Crippen molar-refractivity contribution in [3.8, 4) is 0 Å². The van der Waals surface area contributed by atoms with Crippen molar-refractivity contribution >= 4 is 23.1 Å². The van der Waals surface area contributed by atoms with Crippen LogP contribution in [0.3, 0.4) is 0 Å². The van der Waals surface area contributed by atoms with Gasteiger partial charge < -0.3 is 4.90 Å². The van der Waals surface area contributed by atoms with Crippen molar-refractivity contribution in [2.45, 2.75) is 29.6 Å². The van der Waals surface area contributed by atoms with E-state index in [0.717, 1.165) is 6.42 Å². The van der Waals surface area contributed by atoms with E-state index < -0.39 is 0 Å². The molecule has 0 spiro atoms. The lowest BCUT2D eigenvalue weighted by atomic mass is 10.1. The lowest BCUT2D eigenvalue weighted by molar-refractivity contribution is 0.908. The Morgan fingerprint density at radius 1 is 1.00 bits per heavy atom. The third kappa shape index (κ3) is 1.81. The highest BCUT2D eigenvalue weighted by atomic mass is 32.2. The minimum absolute atomic E-state index is 1.15. The van der Waals surface area contributed by atoms with Gasteiger partial charge in [-0.25, -0.2) is 0 Å². The van der Waals surface area contributed by atoms with Crippen LogP contribution < -0.4 is 4.90 Å². The van der Waals surface area contributed by atoms with Gasteiger partial charge in [-0.2, -0.15) is 0 Å². The molecular weight excluding hydrogens is 238 g/mol. The molecule has 0 aromatic heterocycles. The normalized spacial score (nSPS) is 13.1. The molecule has 2 aromatic carbocycles. The van der Waals surface area contributed by atoms with Crippen LogP contribution in [0, 0.1) is 0 Å². The summed E-state index contributed by atoms with van der Waals surface area (Å²) in [6.07, 6.45) is 2.34. The van der Waals surface area contributed by atoms with Crippen LogP contribution in [-0.4, -0.2) is 7.05 Å². The molecule has 18 heavy (non-hydrogen) atoms. The van der Waals surface area contributed by atoms with E-state index >= 15 is 0 Å².